The fourth-order valence-corrected chi connectivity index (χ4v) is 2.21. The first-order valence-electron chi connectivity index (χ1n) is 5.13. The van der Waals surface area contributed by atoms with Crippen molar-refractivity contribution in [1.29, 1.82) is 0 Å². The summed E-state index contributed by atoms with van der Waals surface area (Å²) in [6.07, 6.45) is -0.448. The Labute approximate surface area is 164 Å². The van der Waals surface area contributed by atoms with Crippen molar-refractivity contribution in [3.8, 4) is 0 Å². The van der Waals surface area contributed by atoms with E-state index in [9.17, 15) is 18.3 Å². The Hall–Kier alpha value is 0.196. The molecule has 6 nitrogen and oxygen atoms in total. The summed E-state index contributed by atoms with van der Waals surface area (Å²) in [7, 11) is -4.54. The number of aliphatic imine (C=N–C) groups is 1. The molecule has 0 bridgehead atoms. The van der Waals surface area contributed by atoms with Crippen molar-refractivity contribution in [1.82, 2.24) is 0 Å². The number of Topliss-reactive ketones (excluding diaryl/α,β-unsaturated/α-hetero) is 1. The molecule has 1 rings (SSSR count). The van der Waals surface area contributed by atoms with E-state index in [1.54, 1.807) is 0 Å². The molecule has 0 amide bonds. The molecule has 1 aromatic carbocycles. The van der Waals surface area contributed by atoms with Gasteiger partial charge in [-0.2, -0.15) is 8.42 Å². The van der Waals surface area contributed by atoms with Crippen LogP contribution < -0.4 is 56.5 Å². The molecule has 0 aromatic heterocycles. The number of halogens is 1. The van der Waals surface area contributed by atoms with Gasteiger partial charge >= 0.3 is 51.4 Å². The molecule has 0 saturated carbocycles. The number of carbonyl (C=O) groups is 1. The second-order valence-corrected chi connectivity index (χ2v) is 5.68. The predicted octanol–water partition coefficient (Wildman–Crippen LogP) is -1.73. The van der Waals surface area contributed by atoms with Gasteiger partial charge in [-0.25, -0.2) is 0 Å². The van der Waals surface area contributed by atoms with Gasteiger partial charge in [0.05, 0.1) is 5.69 Å². The van der Waals surface area contributed by atoms with Crippen LogP contribution in [0.1, 0.15) is 18.9 Å². The average molecular weight is 344 g/mol. The summed E-state index contributed by atoms with van der Waals surface area (Å²) >= 11 is 5.81. The Morgan fingerprint density at radius 2 is 2.00 bits per heavy atom. The van der Waals surface area contributed by atoms with E-state index < -0.39 is 33.1 Å². The number of hydrogen-bond acceptors (Lipinski definition) is 5. The van der Waals surface area contributed by atoms with Crippen LogP contribution in [0.25, 0.3) is 0 Å². The molecule has 104 valence electrons. The number of hydrogen-bond donors (Lipinski definition) is 1. The van der Waals surface area contributed by atoms with E-state index >= 15 is 0 Å². The minimum absolute atomic E-state index is 0. The number of carbonyl (C=O) groups excluding carboxylic acids is 1. The zero-order valence-electron chi connectivity index (χ0n) is 11.2. The Balaban J connectivity index is 0.00000361. The molecule has 20 heavy (non-hydrogen) atoms. The summed E-state index contributed by atoms with van der Waals surface area (Å²) in [5, 5.41) is 11.7. The number of ketones is 1. The number of rotatable bonds is 4. The van der Waals surface area contributed by atoms with Gasteiger partial charge in [-0.15, -0.1) is 0 Å². The topological polar surface area (TPSA) is 107 Å². The summed E-state index contributed by atoms with van der Waals surface area (Å²) in [5.41, 5.74) is -0.0186. The maximum Gasteiger partial charge on any atom is 1.00 e. The van der Waals surface area contributed by atoms with E-state index in [-0.39, 0.29) is 67.7 Å². The fourth-order valence-electron chi connectivity index (χ4n) is 1.37. The van der Waals surface area contributed by atoms with Gasteiger partial charge in [0.1, 0.15) is 10.7 Å². The molecule has 0 unspecified atom stereocenters. The second-order valence-electron chi connectivity index (χ2n) is 3.88. The molecular weight excluding hydrogens is 333 g/mol. The summed E-state index contributed by atoms with van der Waals surface area (Å²) in [6, 6.07) is 2.32. The maximum atomic E-state index is 11.5. The monoisotopic (exact) mass is 343 g/mol. The van der Waals surface area contributed by atoms with E-state index in [1.165, 1.54) is 19.9 Å². The summed E-state index contributed by atoms with van der Waals surface area (Å²) in [4.78, 5) is 13.8. The van der Waals surface area contributed by atoms with E-state index in [4.69, 9.17) is 16.2 Å². The fraction of sp³-hybridized carbons (Fsp3) is 0.273. The standard InChI is InChI=1S/C11H12ClNO5S.K/c1-6(14)5-10(15)13-11-7(2)8(12)3-4-9(11)19(16,17)18;/h3-4H,5H2,1-2H3,(H,13,15)(H,16,17,18);/q;+1/p-1. The third kappa shape index (κ3) is 5.53. The van der Waals surface area contributed by atoms with Gasteiger partial charge in [0.2, 0.25) is 0 Å². The van der Waals surface area contributed by atoms with E-state index in [0.29, 0.717) is 0 Å². The van der Waals surface area contributed by atoms with Gasteiger partial charge in [-0.1, -0.05) is 11.6 Å². The van der Waals surface area contributed by atoms with Crippen molar-refractivity contribution in [2.24, 2.45) is 4.99 Å². The molecule has 0 fully saturated rings. The first-order valence-corrected chi connectivity index (χ1v) is 6.95. The third-order valence-electron chi connectivity index (χ3n) is 2.24. The molecule has 0 aliphatic carbocycles. The van der Waals surface area contributed by atoms with Gasteiger partial charge in [0, 0.05) is 11.4 Å². The van der Waals surface area contributed by atoms with Gasteiger partial charge in [0.25, 0.3) is 10.1 Å². The second kappa shape index (κ2) is 7.99. The van der Waals surface area contributed by atoms with E-state index in [0.717, 1.165) is 6.07 Å². The molecule has 0 spiro atoms. The third-order valence-corrected chi connectivity index (χ3v) is 3.54. The normalized spacial score (nSPS) is 11.9. The van der Waals surface area contributed by atoms with Crippen LogP contribution in [-0.4, -0.2) is 24.7 Å². The van der Waals surface area contributed by atoms with Crippen molar-refractivity contribution >= 4 is 39.1 Å². The first-order chi connectivity index (χ1) is 8.62. The quantitative estimate of drug-likeness (QED) is 0.302. The molecule has 0 radical (unpaired) electrons. The molecule has 0 saturated heterocycles. The van der Waals surface area contributed by atoms with Crippen LogP contribution in [0.3, 0.4) is 0 Å². The van der Waals surface area contributed by atoms with Gasteiger partial charge < -0.3 is 5.11 Å². The van der Waals surface area contributed by atoms with Crippen LogP contribution in [-0.2, 0) is 14.9 Å². The Kier molecular flexibility index (Phi) is 8.07. The minimum atomic E-state index is -4.54. The average Bonchev–Trinajstić information content (AvgIpc) is 2.22. The zero-order chi connectivity index (χ0) is 14.8. The molecule has 0 aliphatic heterocycles. The molecule has 0 atom stereocenters. The van der Waals surface area contributed by atoms with Crippen LogP contribution in [0.4, 0.5) is 5.69 Å². The zero-order valence-corrected chi connectivity index (χ0v) is 15.9. The van der Waals surface area contributed by atoms with Crippen molar-refractivity contribution in [3.05, 3.63) is 22.7 Å². The predicted molar refractivity (Wildman–Crippen MR) is 68.4 cm³/mol. The molecule has 1 N–H and O–H groups in total. The Morgan fingerprint density at radius 1 is 1.45 bits per heavy atom. The molecule has 0 heterocycles. The molecular formula is C11H11ClKNO5S. The first kappa shape index (κ1) is 20.2. The van der Waals surface area contributed by atoms with Crippen LogP contribution in [0.15, 0.2) is 22.0 Å². The van der Waals surface area contributed by atoms with Crippen molar-refractivity contribution < 1.29 is 74.3 Å². The smallest absolute Gasteiger partial charge is 0.861 e. The van der Waals surface area contributed by atoms with Crippen molar-refractivity contribution in [2.45, 2.75) is 25.2 Å². The largest absolute Gasteiger partial charge is 1.00 e. The van der Waals surface area contributed by atoms with Gasteiger partial charge in [0.15, 0.2) is 0 Å². The minimum Gasteiger partial charge on any atom is -0.861 e. The van der Waals surface area contributed by atoms with E-state index in [2.05, 4.69) is 4.99 Å². The van der Waals surface area contributed by atoms with Crippen LogP contribution in [0.5, 0.6) is 0 Å². The van der Waals surface area contributed by atoms with Crippen LogP contribution in [0.2, 0.25) is 5.02 Å². The van der Waals surface area contributed by atoms with Gasteiger partial charge in [-0.3, -0.25) is 14.3 Å². The molecule has 1 aromatic rings. The summed E-state index contributed by atoms with van der Waals surface area (Å²) < 4.78 is 31.5. The molecule has 9 heteroatoms. The van der Waals surface area contributed by atoms with Crippen molar-refractivity contribution in [2.75, 3.05) is 0 Å². The van der Waals surface area contributed by atoms with E-state index in [1.807, 2.05) is 0 Å². The van der Waals surface area contributed by atoms with Crippen molar-refractivity contribution in [3.63, 3.8) is 0 Å². The number of nitrogens with zero attached hydrogens (tertiary/aromatic N) is 1. The Morgan fingerprint density at radius 3 is 2.45 bits per heavy atom. The van der Waals surface area contributed by atoms with Gasteiger partial charge in [-0.05, 0) is 37.4 Å². The summed E-state index contributed by atoms with van der Waals surface area (Å²) in [6.45, 7) is 2.67. The van der Waals surface area contributed by atoms with Crippen LogP contribution in [0, 0.1) is 6.92 Å². The molecule has 0 aliphatic rings. The summed E-state index contributed by atoms with van der Waals surface area (Å²) in [5.74, 6) is -1.20. The van der Waals surface area contributed by atoms with Crippen LogP contribution >= 0.6 is 11.6 Å². The SMILES string of the molecule is CC(=O)CC([O-])=Nc1c(S(=O)(=O)O)ccc(Cl)c1C.[K+]. The maximum absolute atomic E-state index is 11.5. The Bertz CT molecular complexity index is 657. The number of benzene rings is 1.